The van der Waals surface area contributed by atoms with Crippen LogP contribution in [-0.2, 0) is 4.74 Å². The number of hydrogen-bond acceptors (Lipinski definition) is 4. The number of carbonyl (C=O) groups excluding carboxylic acids is 1. The molecule has 1 amide bonds. The first-order chi connectivity index (χ1) is 9.93. The van der Waals surface area contributed by atoms with Gasteiger partial charge in [0.25, 0.3) is 5.91 Å². The van der Waals surface area contributed by atoms with Gasteiger partial charge in [-0.2, -0.15) is 5.10 Å². The number of anilines is 1. The van der Waals surface area contributed by atoms with Gasteiger partial charge in [0.1, 0.15) is 0 Å². The lowest BCUT2D eigenvalue weighted by Crippen LogP contribution is -2.46. The van der Waals surface area contributed by atoms with Crippen LogP contribution in [0.5, 0.6) is 0 Å². The number of benzene rings is 1. The summed E-state index contributed by atoms with van der Waals surface area (Å²) in [5.74, 6) is -0.245. The third kappa shape index (κ3) is 3.61. The Bertz CT molecular complexity index is 634. The van der Waals surface area contributed by atoms with Gasteiger partial charge in [0.15, 0.2) is 5.69 Å². The number of ether oxygens (including phenoxy) is 1. The van der Waals surface area contributed by atoms with Crippen molar-refractivity contribution in [1.82, 2.24) is 15.1 Å². The molecule has 0 aliphatic carbocycles. The molecule has 0 aliphatic rings. The molecule has 1 aromatic carbocycles. The van der Waals surface area contributed by atoms with Gasteiger partial charge in [0, 0.05) is 13.3 Å². The summed E-state index contributed by atoms with van der Waals surface area (Å²) in [5, 5.41) is 7.15. The topological polar surface area (TPSA) is 82.2 Å². The lowest BCUT2D eigenvalue weighted by molar-refractivity contribution is 0.0815. The Kier molecular flexibility index (Phi) is 4.28. The highest BCUT2D eigenvalue weighted by Gasteiger charge is 2.22. The highest BCUT2D eigenvalue weighted by atomic mass is 16.5. The molecule has 1 heterocycles. The van der Waals surface area contributed by atoms with Crippen LogP contribution in [0.2, 0.25) is 0 Å². The number of para-hydroxylation sites is 2. The Morgan fingerprint density at radius 2 is 2.10 bits per heavy atom. The molecule has 0 radical (unpaired) electrons. The van der Waals surface area contributed by atoms with Crippen LogP contribution in [0.25, 0.3) is 5.69 Å². The van der Waals surface area contributed by atoms with Crippen molar-refractivity contribution in [3.8, 4) is 5.69 Å². The van der Waals surface area contributed by atoms with Gasteiger partial charge in [0.2, 0.25) is 0 Å². The van der Waals surface area contributed by atoms with Crippen LogP contribution in [0.1, 0.15) is 24.3 Å². The number of nitrogens with two attached hydrogens (primary N) is 1. The quantitative estimate of drug-likeness (QED) is 0.819. The fraction of sp³-hybridized carbons (Fsp3) is 0.333. The summed E-state index contributed by atoms with van der Waals surface area (Å²) >= 11 is 0. The summed E-state index contributed by atoms with van der Waals surface area (Å²) in [6, 6.07) is 9.01. The molecule has 0 spiro atoms. The molecule has 112 valence electrons. The highest BCUT2D eigenvalue weighted by molar-refractivity contribution is 5.92. The lowest BCUT2D eigenvalue weighted by atomic mass is 10.1. The summed E-state index contributed by atoms with van der Waals surface area (Å²) in [6.07, 6.45) is 1.71. The van der Waals surface area contributed by atoms with Gasteiger partial charge in [-0.05, 0) is 32.0 Å². The van der Waals surface area contributed by atoms with E-state index < -0.39 is 5.54 Å². The minimum atomic E-state index is -0.457. The van der Waals surface area contributed by atoms with Crippen molar-refractivity contribution in [1.29, 1.82) is 0 Å². The maximum absolute atomic E-state index is 12.2. The van der Waals surface area contributed by atoms with E-state index in [2.05, 4.69) is 10.4 Å². The van der Waals surface area contributed by atoms with E-state index in [9.17, 15) is 4.79 Å². The fourth-order valence-electron chi connectivity index (χ4n) is 2.04. The second kappa shape index (κ2) is 5.97. The number of nitrogen functional groups attached to an aromatic ring is 1. The van der Waals surface area contributed by atoms with E-state index in [1.165, 1.54) is 0 Å². The molecule has 0 aliphatic heterocycles. The Morgan fingerprint density at radius 1 is 1.38 bits per heavy atom. The smallest absolute Gasteiger partial charge is 0.272 e. The van der Waals surface area contributed by atoms with Crippen LogP contribution in [0.4, 0.5) is 5.69 Å². The summed E-state index contributed by atoms with van der Waals surface area (Å²) in [7, 11) is 1.60. The van der Waals surface area contributed by atoms with Crippen molar-refractivity contribution in [2.24, 2.45) is 0 Å². The minimum absolute atomic E-state index is 0.245. The standard InChI is InChI=1S/C15H20N4O2/c1-15(2,10-21-3)17-14(20)12-8-9-19(18-12)13-7-5-4-6-11(13)16/h4-9H,10,16H2,1-3H3,(H,17,20). The molecule has 0 unspecified atom stereocenters. The first kappa shape index (κ1) is 15.1. The van der Waals surface area contributed by atoms with E-state index >= 15 is 0 Å². The molecule has 6 heteroatoms. The molecule has 21 heavy (non-hydrogen) atoms. The van der Waals surface area contributed by atoms with Gasteiger partial charge in [-0.15, -0.1) is 0 Å². The molecule has 0 atom stereocenters. The minimum Gasteiger partial charge on any atom is -0.397 e. The first-order valence-electron chi connectivity index (χ1n) is 6.65. The zero-order chi connectivity index (χ0) is 15.5. The van der Waals surface area contributed by atoms with Crippen molar-refractivity contribution >= 4 is 11.6 Å². The predicted octanol–water partition coefficient (Wildman–Crippen LogP) is 1.61. The zero-order valence-electron chi connectivity index (χ0n) is 12.5. The average molecular weight is 288 g/mol. The Balaban J connectivity index is 2.17. The third-order valence-corrected chi connectivity index (χ3v) is 2.96. The number of carbonyl (C=O) groups is 1. The SMILES string of the molecule is COCC(C)(C)NC(=O)c1ccn(-c2ccccc2N)n1. The van der Waals surface area contributed by atoms with Gasteiger partial charge >= 0.3 is 0 Å². The monoisotopic (exact) mass is 288 g/mol. The predicted molar refractivity (Wildman–Crippen MR) is 81.4 cm³/mol. The summed E-state index contributed by atoms with van der Waals surface area (Å²) in [5.41, 5.74) is 7.13. The van der Waals surface area contributed by atoms with E-state index in [-0.39, 0.29) is 5.91 Å². The summed E-state index contributed by atoms with van der Waals surface area (Å²) in [6.45, 7) is 4.20. The van der Waals surface area contributed by atoms with E-state index in [1.54, 1.807) is 30.1 Å². The van der Waals surface area contributed by atoms with Crippen LogP contribution in [-0.4, -0.2) is 34.9 Å². The summed E-state index contributed by atoms with van der Waals surface area (Å²) in [4.78, 5) is 12.2. The number of hydrogen-bond donors (Lipinski definition) is 2. The second-order valence-electron chi connectivity index (χ2n) is 5.48. The lowest BCUT2D eigenvalue weighted by Gasteiger charge is -2.24. The van der Waals surface area contributed by atoms with Crippen molar-refractivity contribution in [2.75, 3.05) is 19.5 Å². The first-order valence-corrected chi connectivity index (χ1v) is 6.65. The molecular formula is C15H20N4O2. The van der Waals surface area contributed by atoms with E-state index in [0.29, 0.717) is 18.0 Å². The molecule has 2 rings (SSSR count). The Morgan fingerprint density at radius 3 is 2.76 bits per heavy atom. The normalized spacial score (nSPS) is 11.4. The molecular weight excluding hydrogens is 268 g/mol. The zero-order valence-corrected chi connectivity index (χ0v) is 12.5. The van der Waals surface area contributed by atoms with E-state index in [4.69, 9.17) is 10.5 Å². The highest BCUT2D eigenvalue weighted by Crippen LogP contribution is 2.16. The molecule has 0 saturated carbocycles. The van der Waals surface area contributed by atoms with Crippen LogP contribution >= 0.6 is 0 Å². The van der Waals surface area contributed by atoms with Crippen LogP contribution in [0.15, 0.2) is 36.5 Å². The maximum atomic E-state index is 12.2. The summed E-state index contributed by atoms with van der Waals surface area (Å²) < 4.78 is 6.67. The van der Waals surface area contributed by atoms with Crippen LogP contribution in [0.3, 0.4) is 0 Å². The van der Waals surface area contributed by atoms with Crippen molar-refractivity contribution in [2.45, 2.75) is 19.4 Å². The van der Waals surface area contributed by atoms with Crippen LogP contribution in [0, 0.1) is 0 Å². The van der Waals surface area contributed by atoms with E-state index in [0.717, 1.165) is 5.69 Å². The molecule has 1 aromatic heterocycles. The molecule has 3 N–H and O–H groups in total. The Hall–Kier alpha value is -2.34. The van der Waals surface area contributed by atoms with Gasteiger partial charge in [0.05, 0.1) is 23.5 Å². The second-order valence-corrected chi connectivity index (χ2v) is 5.48. The molecule has 0 fully saturated rings. The van der Waals surface area contributed by atoms with Gasteiger partial charge < -0.3 is 15.8 Å². The van der Waals surface area contributed by atoms with E-state index in [1.807, 2.05) is 32.0 Å². The van der Waals surface area contributed by atoms with Crippen molar-refractivity contribution in [3.63, 3.8) is 0 Å². The number of amides is 1. The molecule has 2 aromatic rings. The number of nitrogens with one attached hydrogen (secondary N) is 1. The third-order valence-electron chi connectivity index (χ3n) is 2.96. The molecule has 0 bridgehead atoms. The number of aromatic nitrogens is 2. The fourth-order valence-corrected chi connectivity index (χ4v) is 2.04. The van der Waals surface area contributed by atoms with Gasteiger partial charge in [-0.1, -0.05) is 12.1 Å². The molecule has 6 nitrogen and oxygen atoms in total. The Labute approximate surface area is 123 Å². The number of methoxy groups -OCH3 is 1. The molecule has 0 saturated heterocycles. The maximum Gasteiger partial charge on any atom is 0.272 e. The number of nitrogens with zero attached hydrogens (tertiary/aromatic N) is 2. The van der Waals surface area contributed by atoms with Crippen molar-refractivity contribution < 1.29 is 9.53 Å². The number of rotatable bonds is 5. The van der Waals surface area contributed by atoms with Crippen molar-refractivity contribution in [3.05, 3.63) is 42.2 Å². The van der Waals surface area contributed by atoms with Gasteiger partial charge in [-0.3, -0.25) is 4.79 Å². The van der Waals surface area contributed by atoms with Crippen LogP contribution < -0.4 is 11.1 Å². The average Bonchev–Trinajstić information content (AvgIpc) is 2.88. The largest absolute Gasteiger partial charge is 0.397 e. The van der Waals surface area contributed by atoms with Gasteiger partial charge in [-0.25, -0.2) is 4.68 Å².